The topological polar surface area (TPSA) is 93.1 Å². The molecule has 0 bridgehead atoms. The Hall–Kier alpha value is -3.81. The minimum Gasteiger partial charge on any atom is -0.324 e. The summed E-state index contributed by atoms with van der Waals surface area (Å²) in [5.74, 6) is -1.35. The molecule has 8 heteroatoms. The summed E-state index contributed by atoms with van der Waals surface area (Å²) < 4.78 is 14.0. The number of nitrogens with zero attached hydrogens (tertiary/aromatic N) is 2. The summed E-state index contributed by atoms with van der Waals surface area (Å²) in [5.41, 5.74) is 0.959. The van der Waals surface area contributed by atoms with E-state index in [1.165, 1.54) is 37.3 Å². The molecule has 0 aliphatic rings. The van der Waals surface area contributed by atoms with E-state index < -0.39 is 23.2 Å². The van der Waals surface area contributed by atoms with Crippen LogP contribution in [0.25, 0.3) is 11.3 Å². The van der Waals surface area contributed by atoms with Crippen molar-refractivity contribution in [3.8, 4) is 11.3 Å². The number of amides is 2. The monoisotopic (exact) mass is 380 g/mol. The van der Waals surface area contributed by atoms with Crippen molar-refractivity contribution >= 4 is 23.2 Å². The Balaban J connectivity index is 1.92. The number of hydrogen-bond acceptors (Lipinski definition) is 4. The second-order valence-electron chi connectivity index (χ2n) is 6.01. The molecule has 0 saturated heterocycles. The first-order valence-electron chi connectivity index (χ1n) is 8.43. The number of nitrogens with one attached hydrogen (secondary N) is 2. The van der Waals surface area contributed by atoms with Gasteiger partial charge in [-0.25, -0.2) is 9.07 Å². The van der Waals surface area contributed by atoms with E-state index in [4.69, 9.17) is 0 Å². The van der Waals surface area contributed by atoms with E-state index in [-0.39, 0.29) is 12.2 Å². The van der Waals surface area contributed by atoms with Crippen LogP contribution in [0.5, 0.6) is 0 Å². The predicted octanol–water partition coefficient (Wildman–Crippen LogP) is 2.65. The molecule has 2 aromatic carbocycles. The normalized spacial score (nSPS) is 10.4. The summed E-state index contributed by atoms with van der Waals surface area (Å²) in [4.78, 5) is 36.3. The van der Waals surface area contributed by atoms with Gasteiger partial charge in [0.25, 0.3) is 5.56 Å². The van der Waals surface area contributed by atoms with Gasteiger partial charge in [0.15, 0.2) is 0 Å². The summed E-state index contributed by atoms with van der Waals surface area (Å²) >= 11 is 0. The smallest absolute Gasteiger partial charge is 0.291 e. The van der Waals surface area contributed by atoms with Crippen LogP contribution in [0.1, 0.15) is 6.92 Å². The second kappa shape index (κ2) is 8.26. The largest absolute Gasteiger partial charge is 0.324 e. The standard InChI is InChI=1S/C20H17FN4O3/c1-13(26)22-18-11-17(14-5-3-2-4-6-14)24-25(20(18)28)12-19(27)23-16-9-7-15(21)8-10-16/h2-11H,12H2,1H3,(H,22,26)(H,23,27). The summed E-state index contributed by atoms with van der Waals surface area (Å²) in [5, 5.41) is 9.28. The van der Waals surface area contributed by atoms with Gasteiger partial charge in [-0.3, -0.25) is 14.4 Å². The van der Waals surface area contributed by atoms with Gasteiger partial charge in [-0.1, -0.05) is 30.3 Å². The molecular weight excluding hydrogens is 363 g/mol. The Morgan fingerprint density at radius 2 is 1.71 bits per heavy atom. The van der Waals surface area contributed by atoms with Crippen LogP contribution in [0.4, 0.5) is 15.8 Å². The van der Waals surface area contributed by atoms with Crippen LogP contribution in [0, 0.1) is 5.82 Å². The third kappa shape index (κ3) is 4.67. The maximum atomic E-state index is 13.0. The van der Waals surface area contributed by atoms with Gasteiger partial charge in [0.1, 0.15) is 18.0 Å². The molecule has 0 aliphatic heterocycles. The maximum Gasteiger partial charge on any atom is 0.291 e. The number of carbonyl (C=O) groups excluding carboxylic acids is 2. The third-order valence-corrected chi connectivity index (χ3v) is 3.78. The number of halogens is 1. The number of carbonyl (C=O) groups is 2. The van der Waals surface area contributed by atoms with Crippen molar-refractivity contribution in [3.63, 3.8) is 0 Å². The molecule has 2 amide bonds. The number of anilines is 2. The van der Waals surface area contributed by atoms with Gasteiger partial charge in [0.2, 0.25) is 11.8 Å². The summed E-state index contributed by atoms with van der Waals surface area (Å²) in [7, 11) is 0. The van der Waals surface area contributed by atoms with Crippen molar-refractivity contribution in [1.82, 2.24) is 9.78 Å². The lowest BCUT2D eigenvalue weighted by molar-refractivity contribution is -0.117. The number of aromatic nitrogens is 2. The highest BCUT2D eigenvalue weighted by atomic mass is 19.1. The van der Waals surface area contributed by atoms with E-state index in [0.717, 1.165) is 10.2 Å². The van der Waals surface area contributed by atoms with Crippen LogP contribution in [0.3, 0.4) is 0 Å². The quantitative estimate of drug-likeness (QED) is 0.712. The van der Waals surface area contributed by atoms with E-state index >= 15 is 0 Å². The van der Waals surface area contributed by atoms with E-state index in [0.29, 0.717) is 11.4 Å². The van der Waals surface area contributed by atoms with Gasteiger partial charge >= 0.3 is 0 Å². The molecule has 28 heavy (non-hydrogen) atoms. The molecule has 3 rings (SSSR count). The van der Waals surface area contributed by atoms with Gasteiger partial charge in [-0.05, 0) is 30.3 Å². The van der Waals surface area contributed by atoms with Crippen molar-refractivity contribution in [1.29, 1.82) is 0 Å². The lowest BCUT2D eigenvalue weighted by Gasteiger charge is -2.11. The molecule has 7 nitrogen and oxygen atoms in total. The Labute approximate surface area is 159 Å². The number of benzene rings is 2. The molecule has 0 aliphatic carbocycles. The van der Waals surface area contributed by atoms with Gasteiger partial charge in [-0.2, -0.15) is 5.10 Å². The van der Waals surface area contributed by atoms with Gasteiger partial charge in [0, 0.05) is 18.2 Å². The van der Waals surface area contributed by atoms with Crippen LogP contribution >= 0.6 is 0 Å². The van der Waals surface area contributed by atoms with Crippen molar-refractivity contribution in [2.24, 2.45) is 0 Å². The van der Waals surface area contributed by atoms with Crippen molar-refractivity contribution < 1.29 is 14.0 Å². The molecule has 142 valence electrons. The van der Waals surface area contributed by atoms with Gasteiger partial charge < -0.3 is 10.6 Å². The number of hydrogen-bond donors (Lipinski definition) is 2. The summed E-state index contributed by atoms with van der Waals surface area (Å²) in [6, 6.07) is 15.8. The Bertz CT molecular complexity index is 1060. The molecular formula is C20H17FN4O3. The zero-order valence-corrected chi connectivity index (χ0v) is 15.0. The highest BCUT2D eigenvalue weighted by Crippen LogP contribution is 2.17. The van der Waals surface area contributed by atoms with E-state index in [9.17, 15) is 18.8 Å². The Morgan fingerprint density at radius 3 is 2.36 bits per heavy atom. The first kappa shape index (κ1) is 19.0. The second-order valence-corrected chi connectivity index (χ2v) is 6.01. The fraction of sp³-hybridized carbons (Fsp3) is 0.100. The van der Waals surface area contributed by atoms with Crippen LogP contribution in [-0.2, 0) is 16.1 Å². The van der Waals surface area contributed by atoms with Gasteiger partial charge in [-0.15, -0.1) is 0 Å². The predicted molar refractivity (Wildman–Crippen MR) is 103 cm³/mol. The molecule has 0 radical (unpaired) electrons. The average Bonchev–Trinajstić information content (AvgIpc) is 2.67. The molecule has 3 aromatic rings. The third-order valence-electron chi connectivity index (χ3n) is 3.78. The van der Waals surface area contributed by atoms with Crippen LogP contribution in [0.2, 0.25) is 0 Å². The van der Waals surface area contributed by atoms with E-state index in [1.54, 1.807) is 12.1 Å². The lowest BCUT2D eigenvalue weighted by Crippen LogP contribution is -2.32. The van der Waals surface area contributed by atoms with Gasteiger partial charge in [0.05, 0.1) is 5.69 Å². The number of rotatable bonds is 5. The highest BCUT2D eigenvalue weighted by Gasteiger charge is 2.14. The lowest BCUT2D eigenvalue weighted by atomic mass is 10.1. The first-order valence-corrected chi connectivity index (χ1v) is 8.43. The maximum absolute atomic E-state index is 13.0. The van der Waals surface area contributed by atoms with E-state index in [1.807, 2.05) is 18.2 Å². The average molecular weight is 380 g/mol. The fourth-order valence-electron chi connectivity index (χ4n) is 2.55. The van der Waals surface area contributed by atoms with Crippen LogP contribution in [0.15, 0.2) is 65.5 Å². The van der Waals surface area contributed by atoms with Crippen molar-refractivity contribution in [2.45, 2.75) is 13.5 Å². The molecule has 1 aromatic heterocycles. The van der Waals surface area contributed by atoms with Crippen LogP contribution < -0.4 is 16.2 Å². The molecule has 0 fully saturated rings. The molecule has 0 atom stereocenters. The summed E-state index contributed by atoms with van der Waals surface area (Å²) in [6.45, 7) is 0.914. The van der Waals surface area contributed by atoms with Crippen molar-refractivity contribution in [3.05, 3.63) is 76.8 Å². The minimum atomic E-state index is -0.607. The zero-order chi connectivity index (χ0) is 20.1. The van der Waals surface area contributed by atoms with E-state index in [2.05, 4.69) is 15.7 Å². The minimum absolute atomic E-state index is 0.0240. The SMILES string of the molecule is CC(=O)Nc1cc(-c2ccccc2)nn(CC(=O)Nc2ccc(F)cc2)c1=O. The molecule has 2 N–H and O–H groups in total. The molecule has 1 heterocycles. The summed E-state index contributed by atoms with van der Waals surface area (Å²) in [6.07, 6.45) is 0. The zero-order valence-electron chi connectivity index (χ0n) is 15.0. The molecule has 0 spiro atoms. The highest BCUT2D eigenvalue weighted by molar-refractivity contribution is 5.91. The first-order chi connectivity index (χ1) is 13.4. The molecule has 0 saturated carbocycles. The van der Waals surface area contributed by atoms with Crippen LogP contribution in [-0.4, -0.2) is 21.6 Å². The Morgan fingerprint density at radius 1 is 1.04 bits per heavy atom. The Kier molecular flexibility index (Phi) is 5.59. The molecule has 0 unspecified atom stereocenters. The fourth-order valence-corrected chi connectivity index (χ4v) is 2.55. The van der Waals surface area contributed by atoms with Crippen molar-refractivity contribution in [2.75, 3.05) is 10.6 Å².